The largest absolute Gasteiger partial charge is 0.351 e. The summed E-state index contributed by atoms with van der Waals surface area (Å²) < 4.78 is 24.4. The van der Waals surface area contributed by atoms with Crippen LogP contribution in [0, 0.1) is 0 Å². The average Bonchev–Trinajstić information content (AvgIpc) is 3.19. The van der Waals surface area contributed by atoms with E-state index in [2.05, 4.69) is 28.3 Å². The van der Waals surface area contributed by atoms with Gasteiger partial charge in [-0.1, -0.05) is 35.9 Å². The number of halogens is 1. The maximum Gasteiger partial charge on any atom is 0.251 e. The monoisotopic (exact) mass is 463 g/mol. The molecule has 0 aliphatic heterocycles. The summed E-state index contributed by atoms with van der Waals surface area (Å²) >= 11 is 6.11. The van der Waals surface area contributed by atoms with Gasteiger partial charge in [0.1, 0.15) is 0 Å². The van der Waals surface area contributed by atoms with E-state index in [1.165, 1.54) is 11.1 Å². The van der Waals surface area contributed by atoms with Crippen LogP contribution in [0.25, 0.3) is 0 Å². The number of benzene rings is 2. The van der Waals surface area contributed by atoms with E-state index >= 15 is 0 Å². The highest BCUT2D eigenvalue weighted by Gasteiger charge is 2.27. The molecule has 1 amide bonds. The van der Waals surface area contributed by atoms with E-state index in [1.54, 1.807) is 0 Å². The Labute approximate surface area is 189 Å². The number of hydrogen-bond acceptors (Lipinski definition) is 4. The van der Waals surface area contributed by atoms with Crippen molar-refractivity contribution in [3.8, 4) is 0 Å². The molecule has 0 radical (unpaired) electrons. The summed E-state index contributed by atoms with van der Waals surface area (Å²) in [6.07, 6.45) is 4.38. The van der Waals surface area contributed by atoms with Crippen molar-refractivity contribution < 1.29 is 13.2 Å². The van der Waals surface area contributed by atoms with Crippen LogP contribution in [-0.4, -0.2) is 39.7 Å². The molecular formula is C23H30ClN3O3S. The van der Waals surface area contributed by atoms with Crippen molar-refractivity contribution in [2.75, 3.05) is 19.3 Å². The van der Waals surface area contributed by atoms with Crippen LogP contribution >= 0.6 is 11.6 Å². The molecular weight excluding hydrogens is 434 g/mol. The first-order chi connectivity index (χ1) is 14.7. The summed E-state index contributed by atoms with van der Waals surface area (Å²) in [4.78, 5) is 12.2. The predicted octanol–water partition coefficient (Wildman–Crippen LogP) is 3.61. The third-order valence-corrected chi connectivity index (χ3v) is 6.65. The van der Waals surface area contributed by atoms with Crippen LogP contribution in [0.3, 0.4) is 0 Å². The smallest absolute Gasteiger partial charge is 0.251 e. The summed E-state index contributed by atoms with van der Waals surface area (Å²) in [5.74, 6) is 0.267. The van der Waals surface area contributed by atoms with Gasteiger partial charge in [-0.05, 0) is 67.5 Å². The predicted molar refractivity (Wildman–Crippen MR) is 125 cm³/mol. The zero-order valence-corrected chi connectivity index (χ0v) is 19.5. The Bertz CT molecular complexity index is 995. The molecule has 0 saturated heterocycles. The maximum atomic E-state index is 12.2. The third kappa shape index (κ3) is 7.31. The molecule has 2 aromatic rings. The Morgan fingerprint density at radius 1 is 1.13 bits per heavy atom. The maximum absolute atomic E-state index is 12.2. The van der Waals surface area contributed by atoms with Crippen LogP contribution in [0.4, 0.5) is 0 Å². The van der Waals surface area contributed by atoms with Crippen LogP contribution in [0.2, 0.25) is 5.02 Å². The molecule has 1 aliphatic carbocycles. The lowest BCUT2D eigenvalue weighted by atomic mass is 9.96. The first kappa shape index (κ1) is 23.7. The fraction of sp³-hybridized carbons (Fsp3) is 0.435. The Balaban J connectivity index is 1.48. The molecule has 168 valence electrons. The molecule has 1 saturated carbocycles. The van der Waals surface area contributed by atoms with Gasteiger partial charge in [-0.2, -0.15) is 0 Å². The van der Waals surface area contributed by atoms with E-state index in [4.69, 9.17) is 11.6 Å². The standard InChI is InChI=1S/C23H30ClN3O3S/c1-16(19-4-3-5-21(24)14-19)27-22-11-10-20(15-22)17-6-8-18(9-7-17)23(28)25-12-13-26-31(2,29)30/h3-9,14,16,20,22,26-27H,10-13,15H2,1-2H3,(H,25,28)/t16-,20-,22+/m1/s1. The Morgan fingerprint density at radius 2 is 1.87 bits per heavy atom. The lowest BCUT2D eigenvalue weighted by Crippen LogP contribution is -2.34. The fourth-order valence-electron chi connectivity index (χ4n) is 4.08. The van der Waals surface area contributed by atoms with E-state index in [-0.39, 0.29) is 25.0 Å². The third-order valence-electron chi connectivity index (χ3n) is 5.69. The minimum atomic E-state index is -3.24. The molecule has 0 bridgehead atoms. The van der Waals surface area contributed by atoms with Crippen LogP contribution in [-0.2, 0) is 10.0 Å². The van der Waals surface area contributed by atoms with Crippen LogP contribution in [0.15, 0.2) is 48.5 Å². The average molecular weight is 464 g/mol. The molecule has 0 spiro atoms. The van der Waals surface area contributed by atoms with Crippen molar-refractivity contribution in [2.45, 2.75) is 44.2 Å². The van der Waals surface area contributed by atoms with E-state index in [1.807, 2.05) is 42.5 Å². The number of rotatable bonds is 9. The van der Waals surface area contributed by atoms with Gasteiger partial charge < -0.3 is 10.6 Å². The fourth-order valence-corrected chi connectivity index (χ4v) is 4.75. The topological polar surface area (TPSA) is 87.3 Å². The second kappa shape index (κ2) is 10.6. The molecule has 3 N–H and O–H groups in total. The van der Waals surface area contributed by atoms with Gasteiger partial charge in [0.05, 0.1) is 6.26 Å². The molecule has 6 nitrogen and oxygen atoms in total. The second-order valence-electron chi connectivity index (χ2n) is 8.19. The highest BCUT2D eigenvalue weighted by Crippen LogP contribution is 2.35. The molecule has 0 unspecified atom stereocenters. The van der Waals surface area contributed by atoms with E-state index in [0.29, 0.717) is 17.5 Å². The van der Waals surface area contributed by atoms with Crippen molar-refractivity contribution in [1.82, 2.24) is 15.4 Å². The van der Waals surface area contributed by atoms with Gasteiger partial charge in [0.2, 0.25) is 10.0 Å². The quantitative estimate of drug-likeness (QED) is 0.496. The summed E-state index contributed by atoms with van der Waals surface area (Å²) in [5, 5.41) is 7.20. The van der Waals surface area contributed by atoms with Gasteiger partial charge in [-0.25, -0.2) is 13.1 Å². The highest BCUT2D eigenvalue weighted by molar-refractivity contribution is 7.88. The number of amides is 1. The van der Waals surface area contributed by atoms with Crippen LogP contribution < -0.4 is 15.4 Å². The summed E-state index contributed by atoms with van der Waals surface area (Å²) in [5.41, 5.74) is 3.01. The number of carbonyl (C=O) groups is 1. The second-order valence-corrected chi connectivity index (χ2v) is 10.5. The van der Waals surface area contributed by atoms with Crippen molar-refractivity contribution in [1.29, 1.82) is 0 Å². The van der Waals surface area contributed by atoms with Gasteiger partial charge in [0, 0.05) is 35.8 Å². The Hall–Kier alpha value is -1.93. The molecule has 31 heavy (non-hydrogen) atoms. The van der Waals surface area contributed by atoms with E-state index in [9.17, 15) is 13.2 Å². The van der Waals surface area contributed by atoms with Crippen LogP contribution in [0.1, 0.15) is 59.6 Å². The number of nitrogens with one attached hydrogen (secondary N) is 3. The SMILES string of the molecule is C[C@@H](N[C@H]1CC[C@@H](c2ccc(C(=O)NCCNS(C)(=O)=O)cc2)C1)c1cccc(Cl)c1. The number of hydrogen-bond donors (Lipinski definition) is 3. The van der Waals surface area contributed by atoms with Gasteiger partial charge in [-0.3, -0.25) is 4.79 Å². The lowest BCUT2D eigenvalue weighted by Gasteiger charge is -2.20. The molecule has 3 rings (SSSR count). The Morgan fingerprint density at radius 3 is 2.55 bits per heavy atom. The van der Waals surface area contributed by atoms with Gasteiger partial charge in [-0.15, -0.1) is 0 Å². The number of sulfonamides is 1. The first-order valence-electron chi connectivity index (χ1n) is 10.6. The number of carbonyl (C=O) groups excluding carboxylic acids is 1. The summed E-state index contributed by atoms with van der Waals surface area (Å²) in [6, 6.07) is 16.4. The highest BCUT2D eigenvalue weighted by atomic mass is 35.5. The molecule has 0 heterocycles. The van der Waals surface area contributed by atoms with E-state index in [0.717, 1.165) is 30.5 Å². The van der Waals surface area contributed by atoms with Crippen molar-refractivity contribution in [3.05, 3.63) is 70.2 Å². The Kier molecular flexibility index (Phi) is 8.11. The van der Waals surface area contributed by atoms with Gasteiger partial charge in [0.25, 0.3) is 5.91 Å². The molecule has 3 atom stereocenters. The minimum absolute atomic E-state index is 0.173. The molecule has 1 aliphatic rings. The summed E-state index contributed by atoms with van der Waals surface area (Å²) in [6.45, 7) is 2.58. The zero-order chi connectivity index (χ0) is 22.4. The first-order valence-corrected chi connectivity index (χ1v) is 12.8. The van der Waals surface area contributed by atoms with Gasteiger partial charge in [0.15, 0.2) is 0 Å². The minimum Gasteiger partial charge on any atom is -0.351 e. The van der Waals surface area contributed by atoms with Crippen molar-refractivity contribution in [3.63, 3.8) is 0 Å². The van der Waals surface area contributed by atoms with Gasteiger partial charge >= 0.3 is 0 Å². The molecule has 8 heteroatoms. The molecule has 0 aromatic heterocycles. The normalized spacial score (nSPS) is 19.8. The summed E-state index contributed by atoms with van der Waals surface area (Å²) in [7, 11) is -3.24. The molecule has 1 fully saturated rings. The molecule has 2 aromatic carbocycles. The van der Waals surface area contributed by atoms with Crippen molar-refractivity contribution in [2.24, 2.45) is 0 Å². The van der Waals surface area contributed by atoms with E-state index < -0.39 is 10.0 Å². The van der Waals surface area contributed by atoms with Crippen LogP contribution in [0.5, 0.6) is 0 Å². The van der Waals surface area contributed by atoms with Crippen molar-refractivity contribution >= 4 is 27.5 Å². The zero-order valence-electron chi connectivity index (χ0n) is 17.9. The lowest BCUT2D eigenvalue weighted by molar-refractivity contribution is 0.0954.